The van der Waals surface area contributed by atoms with Crippen molar-refractivity contribution in [2.24, 2.45) is 0 Å². The van der Waals surface area contributed by atoms with E-state index in [1.54, 1.807) is 0 Å². The average molecular weight is 700 g/mol. The van der Waals surface area contributed by atoms with Gasteiger partial charge in [0.2, 0.25) is 0 Å². The maximum Gasteiger partial charge on any atom is 0.119 e. The van der Waals surface area contributed by atoms with Crippen LogP contribution in [0.3, 0.4) is 0 Å². The molecule has 12 rings (SSSR count). The summed E-state index contributed by atoms with van der Waals surface area (Å²) < 4.78 is 2.37. The predicted molar refractivity (Wildman–Crippen MR) is 232 cm³/mol. The molecule has 10 aromatic rings. The van der Waals surface area contributed by atoms with Crippen molar-refractivity contribution in [1.82, 2.24) is 9.55 Å². The third-order valence-electron chi connectivity index (χ3n) is 11.8. The minimum absolute atomic E-state index is 0.801. The Balaban J connectivity index is 1.07. The predicted octanol–water partition coefficient (Wildman–Crippen LogP) is 13.6. The first kappa shape index (κ1) is 30.3. The number of anilines is 1. The maximum absolute atomic E-state index is 4.66. The molecule has 0 unspecified atom stereocenters. The average Bonchev–Trinajstić information content (AvgIpc) is 3.76. The van der Waals surface area contributed by atoms with Gasteiger partial charge in [0.1, 0.15) is 5.82 Å². The van der Waals surface area contributed by atoms with Crippen molar-refractivity contribution < 1.29 is 0 Å². The van der Waals surface area contributed by atoms with Gasteiger partial charge in [-0.25, -0.2) is 0 Å². The smallest absolute Gasteiger partial charge is 0.119 e. The standard InChI is InChI=1S/C52H33N3/c1-3-12-33(13-4-1)47-39-17-7-8-18-40(39)48(34-14-5-2-6-15-34)51-43-27-26-37(38-19-9-20-42(49(38)43)50(47)51)32-22-24-36(25-23-32)55-46-30-35-16-10-28-53-45(35)31-44(46)41-21-11-29-54-52(41)55/h1-28,30-31,54H,29H2. The van der Waals surface area contributed by atoms with Crippen LogP contribution in [0.25, 0.3) is 111 Å². The molecule has 3 heterocycles. The lowest BCUT2D eigenvalue weighted by Crippen LogP contribution is -2.08. The van der Waals surface area contributed by atoms with Crippen molar-refractivity contribution in [3.05, 3.63) is 182 Å². The Morgan fingerprint density at radius 3 is 1.87 bits per heavy atom. The van der Waals surface area contributed by atoms with Crippen molar-refractivity contribution in [2.45, 2.75) is 0 Å². The summed E-state index contributed by atoms with van der Waals surface area (Å²) in [6.45, 7) is 0.801. The van der Waals surface area contributed by atoms with Gasteiger partial charge in [-0.1, -0.05) is 146 Å². The number of benzene rings is 8. The molecule has 0 radical (unpaired) electrons. The summed E-state index contributed by atoms with van der Waals surface area (Å²) in [5.74, 6) is 1.12. The Kier molecular flexibility index (Phi) is 6.40. The van der Waals surface area contributed by atoms with Gasteiger partial charge in [0.25, 0.3) is 0 Å². The zero-order valence-corrected chi connectivity index (χ0v) is 29.9. The number of fused-ring (bicyclic) bond motifs is 8. The molecule has 8 aromatic carbocycles. The van der Waals surface area contributed by atoms with Crippen LogP contribution >= 0.6 is 0 Å². The quantitative estimate of drug-likeness (QED) is 0.198. The monoisotopic (exact) mass is 699 g/mol. The summed E-state index contributed by atoms with van der Waals surface area (Å²) in [4.78, 5) is 4.66. The third kappa shape index (κ3) is 4.35. The van der Waals surface area contributed by atoms with Crippen LogP contribution in [-0.4, -0.2) is 16.1 Å². The van der Waals surface area contributed by atoms with Crippen LogP contribution in [0.5, 0.6) is 0 Å². The molecule has 0 saturated heterocycles. The highest BCUT2D eigenvalue weighted by Gasteiger charge is 2.31. The highest BCUT2D eigenvalue weighted by molar-refractivity contribution is 6.28. The van der Waals surface area contributed by atoms with Crippen LogP contribution in [0.2, 0.25) is 0 Å². The molecule has 1 aliphatic carbocycles. The van der Waals surface area contributed by atoms with Crippen LogP contribution < -0.4 is 5.32 Å². The normalized spacial score (nSPS) is 12.7. The summed E-state index contributed by atoms with van der Waals surface area (Å²) in [5.41, 5.74) is 17.3. The van der Waals surface area contributed by atoms with E-state index in [1.807, 2.05) is 12.3 Å². The van der Waals surface area contributed by atoms with Crippen LogP contribution in [-0.2, 0) is 0 Å². The second-order valence-electron chi connectivity index (χ2n) is 14.7. The Morgan fingerprint density at radius 2 is 1.15 bits per heavy atom. The van der Waals surface area contributed by atoms with Crippen molar-refractivity contribution >= 4 is 55.2 Å². The lowest BCUT2D eigenvalue weighted by molar-refractivity contribution is 1.10. The number of rotatable bonds is 4. The van der Waals surface area contributed by atoms with Crippen LogP contribution in [0.15, 0.2) is 176 Å². The molecule has 0 bridgehead atoms. The molecule has 0 amide bonds. The van der Waals surface area contributed by atoms with E-state index in [1.165, 1.54) is 93.6 Å². The first-order chi connectivity index (χ1) is 27.3. The number of nitrogens with zero attached hydrogens (tertiary/aromatic N) is 2. The molecular weight excluding hydrogens is 667 g/mol. The van der Waals surface area contributed by atoms with Gasteiger partial charge in [0.15, 0.2) is 0 Å². The minimum Gasteiger partial charge on any atom is -0.367 e. The van der Waals surface area contributed by atoms with Gasteiger partial charge < -0.3 is 5.32 Å². The number of hydrogen-bond donors (Lipinski definition) is 1. The van der Waals surface area contributed by atoms with Crippen molar-refractivity contribution in [3.8, 4) is 61.3 Å². The first-order valence-electron chi connectivity index (χ1n) is 19.0. The molecule has 0 atom stereocenters. The lowest BCUT2D eigenvalue weighted by Gasteiger charge is -2.20. The Hall–Kier alpha value is -7.23. The largest absolute Gasteiger partial charge is 0.367 e. The molecule has 2 aliphatic rings. The van der Waals surface area contributed by atoms with Gasteiger partial charge in [-0.2, -0.15) is 0 Å². The highest BCUT2D eigenvalue weighted by Crippen LogP contribution is 2.58. The molecular formula is C52H33N3. The fourth-order valence-corrected chi connectivity index (χ4v) is 9.47. The fourth-order valence-electron chi connectivity index (χ4n) is 9.47. The van der Waals surface area contributed by atoms with Gasteiger partial charge in [-0.3, -0.25) is 9.55 Å². The van der Waals surface area contributed by atoms with E-state index in [-0.39, 0.29) is 0 Å². The summed E-state index contributed by atoms with van der Waals surface area (Å²) in [5, 5.41) is 11.2. The van der Waals surface area contributed by atoms with Gasteiger partial charge in [0, 0.05) is 34.8 Å². The van der Waals surface area contributed by atoms with E-state index in [4.69, 9.17) is 0 Å². The summed E-state index contributed by atoms with van der Waals surface area (Å²) in [6.07, 6.45) is 6.31. The second-order valence-corrected chi connectivity index (χ2v) is 14.7. The number of pyridine rings is 1. The van der Waals surface area contributed by atoms with E-state index in [0.29, 0.717) is 0 Å². The van der Waals surface area contributed by atoms with E-state index < -0.39 is 0 Å². The highest BCUT2D eigenvalue weighted by atomic mass is 15.1. The summed E-state index contributed by atoms with van der Waals surface area (Å²) >= 11 is 0. The van der Waals surface area contributed by atoms with E-state index in [9.17, 15) is 0 Å². The van der Waals surface area contributed by atoms with E-state index in [2.05, 4.69) is 185 Å². The van der Waals surface area contributed by atoms with Crippen molar-refractivity contribution in [3.63, 3.8) is 0 Å². The SMILES string of the molecule is C1=Cc2c(n(-c3ccc(-c4ccc5c6c(cccc46)-c4c-5c(-c5ccccc5)c5ccccc5c4-c4ccccc4)cc3)c3cc4cccnc4cc23)NC1. The fraction of sp³-hybridized carbons (Fsp3) is 0.0192. The minimum atomic E-state index is 0.801. The molecule has 0 spiro atoms. The van der Waals surface area contributed by atoms with Gasteiger partial charge in [-0.05, 0) is 108 Å². The van der Waals surface area contributed by atoms with Crippen LogP contribution in [0.1, 0.15) is 5.56 Å². The van der Waals surface area contributed by atoms with Gasteiger partial charge >= 0.3 is 0 Å². The van der Waals surface area contributed by atoms with Gasteiger partial charge in [-0.15, -0.1) is 0 Å². The Bertz CT molecular complexity index is 3130. The molecule has 3 heteroatoms. The van der Waals surface area contributed by atoms with Crippen LogP contribution in [0.4, 0.5) is 5.82 Å². The lowest BCUT2D eigenvalue weighted by atomic mass is 9.82. The molecule has 0 saturated carbocycles. The van der Waals surface area contributed by atoms with Crippen molar-refractivity contribution in [2.75, 3.05) is 11.9 Å². The zero-order valence-electron chi connectivity index (χ0n) is 29.9. The Labute approximate surface area is 318 Å². The summed E-state index contributed by atoms with van der Waals surface area (Å²) in [7, 11) is 0. The topological polar surface area (TPSA) is 29.9 Å². The zero-order chi connectivity index (χ0) is 36.0. The molecule has 1 aliphatic heterocycles. The van der Waals surface area contributed by atoms with Crippen molar-refractivity contribution in [1.29, 1.82) is 0 Å². The van der Waals surface area contributed by atoms with Crippen LogP contribution in [0, 0.1) is 0 Å². The third-order valence-corrected chi connectivity index (χ3v) is 11.8. The molecule has 0 fully saturated rings. The van der Waals surface area contributed by atoms with E-state index in [0.717, 1.165) is 29.0 Å². The Morgan fingerprint density at radius 1 is 0.491 bits per heavy atom. The van der Waals surface area contributed by atoms with Gasteiger partial charge in [0.05, 0.1) is 11.0 Å². The molecule has 2 aromatic heterocycles. The molecule has 1 N–H and O–H groups in total. The first-order valence-corrected chi connectivity index (χ1v) is 19.0. The number of aromatic nitrogens is 2. The molecule has 55 heavy (non-hydrogen) atoms. The second kappa shape index (κ2) is 11.6. The number of hydrogen-bond acceptors (Lipinski definition) is 2. The number of nitrogens with one attached hydrogen (secondary N) is 1. The summed E-state index contributed by atoms with van der Waals surface area (Å²) in [6, 6.07) is 60.3. The maximum atomic E-state index is 4.66. The molecule has 256 valence electrons. The van der Waals surface area contributed by atoms with E-state index >= 15 is 0 Å². The molecule has 3 nitrogen and oxygen atoms in total.